The van der Waals surface area contributed by atoms with Crippen molar-refractivity contribution in [3.05, 3.63) is 98.9 Å². The highest BCUT2D eigenvalue weighted by molar-refractivity contribution is 6.08. The maximum absolute atomic E-state index is 12.2. The first-order chi connectivity index (χ1) is 14.0. The van der Waals surface area contributed by atoms with Gasteiger partial charge in [-0.15, -0.1) is 0 Å². The molecule has 0 bridgehead atoms. The van der Waals surface area contributed by atoms with Gasteiger partial charge >= 0.3 is 5.63 Å². The second kappa shape index (κ2) is 7.40. The average molecular weight is 386 g/mol. The Bertz CT molecular complexity index is 1350. The van der Waals surface area contributed by atoms with Crippen LogP contribution >= 0.6 is 0 Å². The van der Waals surface area contributed by atoms with E-state index in [0.717, 1.165) is 10.8 Å². The predicted molar refractivity (Wildman–Crippen MR) is 111 cm³/mol. The number of nitrogens with zero attached hydrogens (tertiary/aromatic N) is 1. The van der Waals surface area contributed by atoms with Crippen molar-refractivity contribution in [3.63, 3.8) is 0 Å². The predicted octanol–water partition coefficient (Wildman–Crippen LogP) is 4.51. The molecular weight excluding hydrogens is 372 g/mol. The Hall–Kier alpha value is -4.26. The van der Waals surface area contributed by atoms with Crippen LogP contribution in [0.1, 0.15) is 5.56 Å². The summed E-state index contributed by atoms with van der Waals surface area (Å²) in [7, 11) is 0. The number of nitrogens with one attached hydrogen (secondary N) is 1. The molecule has 0 unspecified atom stereocenters. The molecule has 1 heterocycles. The third-order valence-electron chi connectivity index (χ3n) is 4.41. The molecule has 29 heavy (non-hydrogen) atoms. The summed E-state index contributed by atoms with van der Waals surface area (Å²) >= 11 is 0. The van der Waals surface area contributed by atoms with E-state index in [0.29, 0.717) is 16.5 Å². The Balaban J connectivity index is 1.63. The van der Waals surface area contributed by atoms with Gasteiger partial charge in [0.05, 0.1) is 4.92 Å². The number of carbonyl (C=O) groups excluding carboxylic acids is 1. The molecule has 1 amide bonds. The van der Waals surface area contributed by atoms with Crippen molar-refractivity contribution in [2.45, 2.75) is 0 Å². The fraction of sp³-hybridized carbons (Fsp3) is 0. The van der Waals surface area contributed by atoms with E-state index in [1.54, 1.807) is 18.2 Å². The lowest BCUT2D eigenvalue weighted by Gasteiger charge is -2.06. The highest BCUT2D eigenvalue weighted by Crippen LogP contribution is 2.26. The largest absolute Gasteiger partial charge is 0.421 e. The van der Waals surface area contributed by atoms with Crippen LogP contribution in [-0.2, 0) is 4.79 Å². The van der Waals surface area contributed by atoms with Crippen molar-refractivity contribution >= 4 is 45.1 Å². The minimum Gasteiger partial charge on any atom is -0.421 e. The lowest BCUT2D eigenvalue weighted by molar-refractivity contribution is -0.384. The summed E-state index contributed by atoms with van der Waals surface area (Å²) in [6.45, 7) is 0. The molecule has 0 atom stereocenters. The standard InChI is InChI=1S/C22H14N2O5/c25-21(11-8-14-4-3-6-16(12-14)24(27)28)23-19-13-18-17-7-2-1-5-15(17)9-10-20(18)29-22(19)26/h1-13H,(H,23,25)/b11-8+. The van der Waals surface area contributed by atoms with Crippen molar-refractivity contribution < 1.29 is 14.1 Å². The Morgan fingerprint density at radius 1 is 1.00 bits per heavy atom. The summed E-state index contributed by atoms with van der Waals surface area (Å²) in [5.41, 5.74) is 0.201. The Morgan fingerprint density at radius 2 is 1.83 bits per heavy atom. The van der Waals surface area contributed by atoms with Crippen LogP contribution in [0, 0.1) is 10.1 Å². The zero-order chi connectivity index (χ0) is 20.4. The summed E-state index contributed by atoms with van der Waals surface area (Å²) in [4.78, 5) is 34.8. The second-order valence-corrected chi connectivity index (χ2v) is 6.32. The van der Waals surface area contributed by atoms with Gasteiger partial charge in [0.15, 0.2) is 0 Å². The van der Waals surface area contributed by atoms with Crippen LogP contribution < -0.4 is 10.9 Å². The smallest absolute Gasteiger partial charge is 0.360 e. The topological polar surface area (TPSA) is 102 Å². The van der Waals surface area contributed by atoms with Crippen molar-refractivity contribution in [2.75, 3.05) is 5.32 Å². The van der Waals surface area contributed by atoms with Crippen LogP contribution in [-0.4, -0.2) is 10.8 Å². The molecule has 0 saturated heterocycles. The summed E-state index contributed by atoms with van der Waals surface area (Å²) < 4.78 is 5.34. The van der Waals surface area contributed by atoms with E-state index in [1.165, 1.54) is 30.4 Å². The number of nitro benzene ring substituents is 1. The van der Waals surface area contributed by atoms with E-state index in [1.807, 2.05) is 30.3 Å². The first-order valence-corrected chi connectivity index (χ1v) is 8.70. The van der Waals surface area contributed by atoms with E-state index in [2.05, 4.69) is 5.32 Å². The molecule has 142 valence electrons. The molecule has 0 spiro atoms. The number of rotatable bonds is 4. The van der Waals surface area contributed by atoms with Gasteiger partial charge in [-0.2, -0.15) is 0 Å². The van der Waals surface area contributed by atoms with Crippen LogP contribution in [0.25, 0.3) is 27.8 Å². The van der Waals surface area contributed by atoms with Crippen molar-refractivity contribution in [3.8, 4) is 0 Å². The van der Waals surface area contributed by atoms with Gasteiger partial charge in [-0.25, -0.2) is 4.79 Å². The van der Waals surface area contributed by atoms with Gasteiger partial charge in [0.1, 0.15) is 11.3 Å². The van der Waals surface area contributed by atoms with Crippen molar-refractivity contribution in [1.82, 2.24) is 0 Å². The minimum atomic E-state index is -0.662. The Labute approximate surface area is 164 Å². The van der Waals surface area contributed by atoms with Crippen molar-refractivity contribution in [1.29, 1.82) is 0 Å². The number of hydrogen-bond donors (Lipinski definition) is 1. The number of non-ortho nitro benzene ring substituents is 1. The maximum atomic E-state index is 12.2. The van der Waals surface area contributed by atoms with E-state index >= 15 is 0 Å². The molecule has 1 aromatic heterocycles. The number of benzene rings is 3. The van der Waals surface area contributed by atoms with Crippen LogP contribution in [0.5, 0.6) is 0 Å². The second-order valence-electron chi connectivity index (χ2n) is 6.32. The number of anilines is 1. The average Bonchev–Trinajstić information content (AvgIpc) is 2.73. The summed E-state index contributed by atoms with van der Waals surface area (Å²) in [6.07, 6.45) is 2.63. The molecule has 0 aliphatic rings. The van der Waals surface area contributed by atoms with E-state index in [4.69, 9.17) is 4.42 Å². The molecule has 4 rings (SSSR count). The van der Waals surface area contributed by atoms with Crippen molar-refractivity contribution in [2.24, 2.45) is 0 Å². The monoisotopic (exact) mass is 386 g/mol. The van der Waals surface area contributed by atoms with Gasteiger partial charge in [0.2, 0.25) is 5.91 Å². The molecule has 1 N–H and O–H groups in total. The highest BCUT2D eigenvalue weighted by Gasteiger charge is 2.10. The lowest BCUT2D eigenvalue weighted by atomic mass is 10.1. The molecule has 4 aromatic rings. The number of carbonyl (C=O) groups is 1. The first-order valence-electron chi connectivity index (χ1n) is 8.70. The van der Waals surface area contributed by atoms with Gasteiger partial charge in [-0.3, -0.25) is 14.9 Å². The SMILES string of the molecule is O=C(/C=C/c1cccc([N+](=O)[O-])c1)Nc1cc2c(ccc3ccccc32)oc1=O. The molecule has 0 radical (unpaired) electrons. The summed E-state index contributed by atoms with van der Waals surface area (Å²) in [6, 6.07) is 18.7. The normalized spacial score (nSPS) is 11.2. The van der Waals surface area contributed by atoms with Crippen LogP contribution in [0.3, 0.4) is 0 Å². The van der Waals surface area contributed by atoms with Gasteiger partial charge in [-0.1, -0.05) is 42.5 Å². The van der Waals surface area contributed by atoms with E-state index < -0.39 is 16.5 Å². The van der Waals surface area contributed by atoms with E-state index in [-0.39, 0.29) is 11.4 Å². The first kappa shape index (κ1) is 18.1. The molecule has 0 fully saturated rings. The third kappa shape index (κ3) is 3.74. The molecule has 7 heteroatoms. The quantitative estimate of drug-likeness (QED) is 0.183. The Kier molecular flexibility index (Phi) is 4.62. The zero-order valence-electron chi connectivity index (χ0n) is 15.0. The summed E-state index contributed by atoms with van der Waals surface area (Å²) in [5, 5.41) is 15.9. The summed E-state index contributed by atoms with van der Waals surface area (Å²) in [5.74, 6) is -0.552. The van der Waals surface area contributed by atoms with Gasteiger partial charge in [0.25, 0.3) is 5.69 Å². The van der Waals surface area contributed by atoms with Gasteiger partial charge in [0, 0.05) is 23.6 Å². The highest BCUT2D eigenvalue weighted by atomic mass is 16.6. The third-order valence-corrected chi connectivity index (χ3v) is 4.41. The maximum Gasteiger partial charge on any atom is 0.360 e. The van der Waals surface area contributed by atoms with Crippen LogP contribution in [0.2, 0.25) is 0 Å². The lowest BCUT2D eigenvalue weighted by Crippen LogP contribution is -2.15. The molecule has 7 nitrogen and oxygen atoms in total. The van der Waals surface area contributed by atoms with E-state index in [9.17, 15) is 19.7 Å². The molecular formula is C22H14N2O5. The zero-order valence-corrected chi connectivity index (χ0v) is 15.0. The number of fused-ring (bicyclic) bond motifs is 3. The molecule has 0 aliphatic heterocycles. The number of nitro groups is 1. The van der Waals surface area contributed by atoms with Crippen LogP contribution in [0.15, 0.2) is 82.0 Å². The molecule has 3 aromatic carbocycles. The van der Waals surface area contributed by atoms with Crippen LogP contribution in [0.4, 0.5) is 11.4 Å². The molecule has 0 saturated carbocycles. The minimum absolute atomic E-state index is 0.0162. The molecule has 0 aliphatic carbocycles. The number of hydrogen-bond acceptors (Lipinski definition) is 5. The van der Waals surface area contributed by atoms with Gasteiger partial charge in [-0.05, 0) is 34.5 Å². The van der Waals surface area contributed by atoms with Gasteiger partial charge < -0.3 is 9.73 Å². The fourth-order valence-corrected chi connectivity index (χ4v) is 3.05. The number of amides is 1. The Morgan fingerprint density at radius 3 is 2.66 bits per heavy atom. The fourth-order valence-electron chi connectivity index (χ4n) is 3.05.